The molecule has 3 aromatic rings. The van der Waals surface area contributed by atoms with E-state index >= 15 is 0 Å². The quantitative estimate of drug-likeness (QED) is 0.723. The first-order chi connectivity index (χ1) is 12.7. The zero-order valence-electron chi connectivity index (χ0n) is 14.6. The molecule has 1 aliphatic heterocycles. The zero-order chi connectivity index (χ0) is 17.9. The van der Waals surface area contributed by atoms with E-state index in [0.717, 1.165) is 18.0 Å². The van der Waals surface area contributed by atoms with Crippen molar-refractivity contribution < 1.29 is 14.4 Å². The van der Waals surface area contributed by atoms with Crippen molar-refractivity contribution in [3.63, 3.8) is 0 Å². The molecule has 0 radical (unpaired) electrons. The lowest BCUT2D eigenvalue weighted by molar-refractivity contribution is -0.924. The Labute approximate surface area is 150 Å². The molecular weight excluding hydrogens is 332 g/mol. The van der Waals surface area contributed by atoms with E-state index in [2.05, 4.69) is 17.2 Å². The fraction of sp³-hybridized carbons (Fsp3) is 0.316. The number of hydrogen-bond donors (Lipinski definition) is 1. The number of rotatable bonds is 5. The molecule has 1 unspecified atom stereocenters. The molecule has 0 amide bonds. The number of para-hydroxylation sites is 2. The molecule has 1 aromatic heterocycles. The van der Waals surface area contributed by atoms with Gasteiger partial charge in [-0.25, -0.2) is 0 Å². The van der Waals surface area contributed by atoms with Crippen molar-refractivity contribution in [2.75, 3.05) is 19.7 Å². The molecule has 0 fully saturated rings. The van der Waals surface area contributed by atoms with E-state index in [1.807, 2.05) is 36.4 Å². The summed E-state index contributed by atoms with van der Waals surface area (Å²) in [6.45, 7) is 4.56. The van der Waals surface area contributed by atoms with Crippen LogP contribution < -0.4 is 19.9 Å². The van der Waals surface area contributed by atoms with E-state index in [9.17, 15) is 4.79 Å². The second-order valence-electron chi connectivity index (χ2n) is 6.37. The normalized spacial score (nSPS) is 17.2. The van der Waals surface area contributed by atoms with Gasteiger partial charge in [0.25, 0.3) is 5.56 Å². The number of likely N-dealkylation sites (N-methyl/N-ethyl adjacent to an activating group) is 1. The van der Waals surface area contributed by atoms with Gasteiger partial charge in [-0.05, 0) is 31.2 Å². The summed E-state index contributed by atoms with van der Waals surface area (Å²) in [5.41, 5.74) is 0.500. The molecule has 2 atom stereocenters. The smallest absolute Gasteiger partial charge is 0.282 e. The summed E-state index contributed by atoms with van der Waals surface area (Å²) in [4.78, 5) is 13.8. The Balaban J connectivity index is 1.49. The lowest BCUT2D eigenvalue weighted by Gasteiger charge is -2.28. The van der Waals surface area contributed by atoms with Crippen LogP contribution in [0, 0.1) is 0 Å². The monoisotopic (exact) mass is 353 g/mol. The molecule has 0 saturated heterocycles. The second kappa shape index (κ2) is 7.13. The third-order valence-electron chi connectivity index (χ3n) is 4.59. The first kappa shape index (κ1) is 16.5. The molecule has 134 valence electrons. The molecule has 1 aliphatic rings. The number of hydrogen-bond acceptors (Lipinski definition) is 5. The van der Waals surface area contributed by atoms with Crippen molar-refractivity contribution in [2.24, 2.45) is 0 Å². The minimum atomic E-state index is -0.118. The average Bonchev–Trinajstić information content (AvgIpc) is 2.69. The molecular formula is C19H21N4O3+. The van der Waals surface area contributed by atoms with Crippen LogP contribution in [0.2, 0.25) is 0 Å². The van der Waals surface area contributed by atoms with Gasteiger partial charge >= 0.3 is 0 Å². The SMILES string of the molecule is CC[NH+](C[C@H]1COc2ccccc2O1)Cn1nnc2ccccc2c1=O. The zero-order valence-corrected chi connectivity index (χ0v) is 14.6. The van der Waals surface area contributed by atoms with E-state index in [-0.39, 0.29) is 11.7 Å². The molecule has 1 N–H and O–H groups in total. The van der Waals surface area contributed by atoms with Gasteiger partial charge in [0.2, 0.25) is 0 Å². The number of nitrogens with one attached hydrogen (secondary N) is 1. The Morgan fingerprint density at radius 2 is 1.92 bits per heavy atom. The van der Waals surface area contributed by atoms with Gasteiger partial charge in [0, 0.05) is 0 Å². The maximum Gasteiger partial charge on any atom is 0.282 e. The fourth-order valence-electron chi connectivity index (χ4n) is 3.15. The van der Waals surface area contributed by atoms with Crippen molar-refractivity contribution in [2.45, 2.75) is 19.7 Å². The molecule has 2 aromatic carbocycles. The minimum Gasteiger partial charge on any atom is -0.486 e. The van der Waals surface area contributed by atoms with Gasteiger partial charge in [0.1, 0.15) is 18.7 Å². The molecule has 0 saturated carbocycles. The van der Waals surface area contributed by atoms with E-state index in [1.54, 1.807) is 12.1 Å². The molecule has 7 nitrogen and oxygen atoms in total. The summed E-state index contributed by atoms with van der Waals surface area (Å²) in [6.07, 6.45) is -0.0658. The highest BCUT2D eigenvalue weighted by Crippen LogP contribution is 2.30. The summed E-state index contributed by atoms with van der Waals surface area (Å²) in [5.74, 6) is 1.54. The average molecular weight is 353 g/mol. The highest BCUT2D eigenvalue weighted by molar-refractivity contribution is 5.76. The third-order valence-corrected chi connectivity index (χ3v) is 4.59. The van der Waals surface area contributed by atoms with Gasteiger partial charge in [-0.1, -0.05) is 29.5 Å². The highest BCUT2D eigenvalue weighted by atomic mass is 16.6. The molecule has 26 heavy (non-hydrogen) atoms. The van der Waals surface area contributed by atoms with Gasteiger partial charge in [-0.2, -0.15) is 4.68 Å². The molecule has 2 heterocycles. The lowest BCUT2D eigenvalue weighted by atomic mass is 10.2. The first-order valence-electron chi connectivity index (χ1n) is 8.79. The predicted molar refractivity (Wildman–Crippen MR) is 96.5 cm³/mol. The molecule has 0 spiro atoms. The van der Waals surface area contributed by atoms with E-state index in [4.69, 9.17) is 9.47 Å². The van der Waals surface area contributed by atoms with Crippen LogP contribution in [0.4, 0.5) is 0 Å². The number of quaternary nitrogens is 1. The van der Waals surface area contributed by atoms with Crippen molar-refractivity contribution >= 4 is 10.9 Å². The van der Waals surface area contributed by atoms with Crippen molar-refractivity contribution in [1.29, 1.82) is 0 Å². The summed E-state index contributed by atoms with van der Waals surface area (Å²) in [7, 11) is 0. The van der Waals surface area contributed by atoms with Crippen LogP contribution in [-0.4, -0.2) is 40.8 Å². The van der Waals surface area contributed by atoms with Crippen LogP contribution in [0.1, 0.15) is 6.92 Å². The molecule has 4 rings (SSSR count). The van der Waals surface area contributed by atoms with Crippen LogP contribution in [0.3, 0.4) is 0 Å². The number of nitrogens with zero attached hydrogens (tertiary/aromatic N) is 3. The lowest BCUT2D eigenvalue weighted by Crippen LogP contribution is -3.12. The molecule has 7 heteroatoms. The topological polar surface area (TPSA) is 70.7 Å². The number of fused-ring (bicyclic) bond motifs is 2. The van der Waals surface area contributed by atoms with Crippen LogP contribution in [0.25, 0.3) is 10.9 Å². The summed E-state index contributed by atoms with van der Waals surface area (Å²) < 4.78 is 13.2. The number of aromatic nitrogens is 3. The van der Waals surface area contributed by atoms with Crippen LogP contribution in [0.15, 0.2) is 53.3 Å². The van der Waals surface area contributed by atoms with E-state index < -0.39 is 0 Å². The Bertz CT molecular complexity index is 972. The number of benzene rings is 2. The van der Waals surface area contributed by atoms with Crippen LogP contribution in [-0.2, 0) is 6.67 Å². The maximum atomic E-state index is 12.6. The number of ether oxygens (including phenoxy) is 2. The largest absolute Gasteiger partial charge is 0.486 e. The Kier molecular flexibility index (Phi) is 4.53. The van der Waals surface area contributed by atoms with E-state index in [0.29, 0.717) is 30.7 Å². The Morgan fingerprint density at radius 3 is 2.77 bits per heavy atom. The van der Waals surface area contributed by atoms with Gasteiger partial charge in [0.05, 0.1) is 11.9 Å². The van der Waals surface area contributed by atoms with Crippen LogP contribution >= 0.6 is 0 Å². The van der Waals surface area contributed by atoms with Crippen molar-refractivity contribution in [3.8, 4) is 11.5 Å². The minimum absolute atomic E-state index is 0.0658. The highest BCUT2D eigenvalue weighted by Gasteiger charge is 2.25. The van der Waals surface area contributed by atoms with Gasteiger partial charge in [-0.3, -0.25) is 4.79 Å². The Hall–Kier alpha value is -2.93. The second-order valence-corrected chi connectivity index (χ2v) is 6.37. The first-order valence-corrected chi connectivity index (χ1v) is 8.79. The molecule has 0 aliphatic carbocycles. The van der Waals surface area contributed by atoms with Gasteiger partial charge in [-0.15, -0.1) is 5.10 Å². The summed E-state index contributed by atoms with van der Waals surface area (Å²) in [6, 6.07) is 14.9. The van der Waals surface area contributed by atoms with Crippen molar-refractivity contribution in [1.82, 2.24) is 15.0 Å². The third kappa shape index (κ3) is 3.25. The van der Waals surface area contributed by atoms with Crippen molar-refractivity contribution in [3.05, 3.63) is 58.9 Å². The molecule has 0 bridgehead atoms. The fourth-order valence-corrected chi connectivity index (χ4v) is 3.15. The summed E-state index contributed by atoms with van der Waals surface area (Å²) >= 11 is 0. The van der Waals surface area contributed by atoms with Gasteiger partial charge < -0.3 is 14.4 Å². The summed E-state index contributed by atoms with van der Waals surface area (Å²) in [5, 5.41) is 8.82. The standard InChI is InChI=1S/C19H20N4O3/c1-2-22(11-14-12-25-17-9-5-6-10-18(17)26-14)13-23-19(24)15-7-3-4-8-16(15)20-21-23/h3-10,14H,2,11-13H2,1H3/p+1/t14-/m0/s1. The van der Waals surface area contributed by atoms with E-state index in [1.165, 1.54) is 9.58 Å². The van der Waals surface area contributed by atoms with Gasteiger partial charge in [0.15, 0.2) is 24.3 Å². The maximum absolute atomic E-state index is 12.6. The Morgan fingerprint density at radius 1 is 1.15 bits per heavy atom. The predicted octanol–water partition coefficient (Wildman–Crippen LogP) is 0.494. The van der Waals surface area contributed by atoms with Crippen LogP contribution in [0.5, 0.6) is 11.5 Å².